The fourth-order valence-corrected chi connectivity index (χ4v) is 3.62. The number of amides is 1. The molecule has 1 heterocycles. The second kappa shape index (κ2) is 7.91. The smallest absolute Gasteiger partial charge is 0.369 e. The average Bonchev–Trinajstić information content (AvgIpc) is 2.66. The van der Waals surface area contributed by atoms with Gasteiger partial charge in [-0.25, -0.2) is 4.98 Å². The molecule has 31 heavy (non-hydrogen) atoms. The number of aromatic nitrogens is 2. The maximum absolute atomic E-state index is 13.6. The zero-order valence-electron chi connectivity index (χ0n) is 15.6. The number of benzene rings is 2. The highest BCUT2D eigenvalue weighted by Crippen LogP contribution is 2.39. The summed E-state index contributed by atoms with van der Waals surface area (Å²) in [7, 11) is 0. The second-order valence-electron chi connectivity index (χ2n) is 6.44. The Morgan fingerprint density at radius 1 is 1.06 bits per heavy atom. The molecule has 0 spiro atoms. The number of carbonyl (C=O) groups excluding carboxylic acids is 1. The molecule has 0 radical (unpaired) electrons. The number of hydrogen-bond acceptors (Lipinski definition) is 4. The van der Waals surface area contributed by atoms with Crippen LogP contribution in [-0.4, -0.2) is 20.7 Å². The first-order chi connectivity index (χ1) is 14.3. The SMILES string of the molecule is C[C@@H](Sc1nc2ccccc2c(=O)n1-c1cc(C(F)(F)F)ccc1C(F)(F)F)C(N)=O. The first-order valence-corrected chi connectivity index (χ1v) is 9.45. The molecule has 3 rings (SSSR count). The minimum absolute atomic E-state index is 0.100. The Bertz CT molecular complexity index is 1220. The predicted molar refractivity (Wildman–Crippen MR) is 102 cm³/mol. The van der Waals surface area contributed by atoms with E-state index in [0.29, 0.717) is 16.3 Å². The van der Waals surface area contributed by atoms with Crippen LogP contribution in [0.4, 0.5) is 26.3 Å². The molecule has 0 bridgehead atoms. The van der Waals surface area contributed by atoms with E-state index in [0.717, 1.165) is 0 Å². The molecule has 0 aliphatic carbocycles. The van der Waals surface area contributed by atoms with Crippen LogP contribution in [0.3, 0.4) is 0 Å². The Labute approximate surface area is 174 Å². The van der Waals surface area contributed by atoms with Crippen LogP contribution in [0.25, 0.3) is 16.6 Å². The lowest BCUT2D eigenvalue weighted by Gasteiger charge is -2.20. The van der Waals surface area contributed by atoms with E-state index in [1.54, 1.807) is 0 Å². The molecular formula is C19H13F6N3O2S. The Hall–Kier alpha value is -3.02. The van der Waals surface area contributed by atoms with E-state index in [4.69, 9.17) is 5.73 Å². The molecule has 164 valence electrons. The summed E-state index contributed by atoms with van der Waals surface area (Å²) in [5.41, 5.74) is 0.386. The highest BCUT2D eigenvalue weighted by Gasteiger charge is 2.38. The normalized spacial score (nSPS) is 13.4. The van der Waals surface area contributed by atoms with Crippen LogP contribution in [0.1, 0.15) is 18.1 Å². The number of thioether (sulfide) groups is 1. The van der Waals surface area contributed by atoms with Crippen LogP contribution in [0.5, 0.6) is 0 Å². The van der Waals surface area contributed by atoms with E-state index < -0.39 is 51.0 Å². The average molecular weight is 461 g/mol. The Balaban J connectivity index is 2.44. The Kier molecular flexibility index (Phi) is 5.78. The first-order valence-electron chi connectivity index (χ1n) is 8.57. The van der Waals surface area contributed by atoms with Crippen LogP contribution in [0.2, 0.25) is 0 Å². The molecular weight excluding hydrogens is 448 g/mol. The molecule has 0 fully saturated rings. The molecule has 1 aromatic heterocycles. The zero-order chi connectivity index (χ0) is 23.1. The number of rotatable bonds is 4. The molecule has 0 unspecified atom stereocenters. The van der Waals surface area contributed by atoms with Crippen molar-refractivity contribution in [2.75, 3.05) is 0 Å². The molecule has 2 aromatic carbocycles. The van der Waals surface area contributed by atoms with Crippen molar-refractivity contribution >= 4 is 28.6 Å². The summed E-state index contributed by atoms with van der Waals surface area (Å²) in [6.45, 7) is 1.33. The third-order valence-corrected chi connectivity index (χ3v) is 5.37. The standard InChI is InChI=1S/C19H13F6N3O2S/c1-9(15(26)29)31-17-27-13-5-3-2-4-11(13)16(30)28(17)14-8-10(18(20,21)22)6-7-12(14)19(23,24)25/h2-9H,1H3,(H2,26,29)/t9-/m1/s1. The van der Waals surface area contributed by atoms with Gasteiger partial charge in [0.25, 0.3) is 5.56 Å². The monoisotopic (exact) mass is 461 g/mol. The summed E-state index contributed by atoms with van der Waals surface area (Å²) in [5, 5.41) is -1.54. The number of nitrogens with zero attached hydrogens (tertiary/aromatic N) is 2. The summed E-state index contributed by atoms with van der Waals surface area (Å²) in [6, 6.07) is 6.43. The number of alkyl halides is 6. The van der Waals surface area contributed by atoms with Gasteiger partial charge >= 0.3 is 12.4 Å². The number of hydrogen-bond donors (Lipinski definition) is 1. The van der Waals surface area contributed by atoms with Gasteiger partial charge in [-0.1, -0.05) is 23.9 Å². The summed E-state index contributed by atoms with van der Waals surface area (Å²) >= 11 is 0.564. The van der Waals surface area contributed by atoms with Crippen molar-refractivity contribution in [3.63, 3.8) is 0 Å². The molecule has 0 aliphatic heterocycles. The maximum atomic E-state index is 13.6. The van der Waals surface area contributed by atoms with Crippen LogP contribution in [0.15, 0.2) is 52.4 Å². The zero-order valence-corrected chi connectivity index (χ0v) is 16.4. The lowest BCUT2D eigenvalue weighted by molar-refractivity contribution is -0.141. The van der Waals surface area contributed by atoms with Crippen LogP contribution in [0, 0.1) is 0 Å². The summed E-state index contributed by atoms with van der Waals surface area (Å²) in [5.74, 6) is -0.848. The third-order valence-electron chi connectivity index (χ3n) is 4.30. The van der Waals surface area contributed by atoms with E-state index in [2.05, 4.69) is 4.98 Å². The fraction of sp³-hybridized carbons (Fsp3) is 0.211. The lowest BCUT2D eigenvalue weighted by atomic mass is 10.1. The van der Waals surface area contributed by atoms with E-state index >= 15 is 0 Å². The van der Waals surface area contributed by atoms with Gasteiger partial charge in [0.15, 0.2) is 5.16 Å². The van der Waals surface area contributed by atoms with Crippen LogP contribution in [-0.2, 0) is 17.1 Å². The van der Waals surface area contributed by atoms with Crippen molar-refractivity contribution < 1.29 is 31.1 Å². The minimum atomic E-state index is -5.07. The molecule has 2 N–H and O–H groups in total. The minimum Gasteiger partial charge on any atom is -0.369 e. The van der Waals surface area contributed by atoms with Crippen molar-refractivity contribution in [3.05, 3.63) is 63.9 Å². The van der Waals surface area contributed by atoms with Crippen molar-refractivity contribution in [2.24, 2.45) is 5.73 Å². The molecule has 0 aliphatic rings. The third kappa shape index (κ3) is 4.53. The van der Waals surface area contributed by atoms with E-state index in [1.807, 2.05) is 0 Å². The Morgan fingerprint density at radius 2 is 1.71 bits per heavy atom. The largest absolute Gasteiger partial charge is 0.418 e. The number of fused-ring (bicyclic) bond motifs is 1. The van der Waals surface area contributed by atoms with Crippen molar-refractivity contribution in [3.8, 4) is 5.69 Å². The predicted octanol–water partition coefficient (Wildman–Crippen LogP) is 4.39. The van der Waals surface area contributed by atoms with Gasteiger partial charge in [0.05, 0.1) is 33.0 Å². The van der Waals surface area contributed by atoms with Crippen molar-refractivity contribution in [1.82, 2.24) is 9.55 Å². The van der Waals surface area contributed by atoms with Crippen LogP contribution >= 0.6 is 11.8 Å². The summed E-state index contributed by atoms with van der Waals surface area (Å²) in [6.07, 6.45) is -10.0. The summed E-state index contributed by atoms with van der Waals surface area (Å²) in [4.78, 5) is 28.7. The van der Waals surface area contributed by atoms with Gasteiger partial charge in [-0.2, -0.15) is 26.3 Å². The number of para-hydroxylation sites is 1. The molecule has 3 aromatic rings. The van der Waals surface area contributed by atoms with E-state index in [9.17, 15) is 35.9 Å². The molecule has 1 atom stereocenters. The number of halogens is 6. The topological polar surface area (TPSA) is 78.0 Å². The van der Waals surface area contributed by atoms with Gasteiger partial charge < -0.3 is 5.73 Å². The van der Waals surface area contributed by atoms with Gasteiger partial charge in [0.1, 0.15) is 0 Å². The van der Waals surface area contributed by atoms with Crippen LogP contribution < -0.4 is 11.3 Å². The molecule has 0 saturated carbocycles. The van der Waals surface area contributed by atoms with Crippen molar-refractivity contribution in [1.29, 1.82) is 0 Å². The Morgan fingerprint density at radius 3 is 2.29 bits per heavy atom. The molecule has 12 heteroatoms. The highest BCUT2D eigenvalue weighted by molar-refractivity contribution is 8.00. The molecule has 5 nitrogen and oxygen atoms in total. The fourth-order valence-electron chi connectivity index (χ4n) is 2.75. The lowest BCUT2D eigenvalue weighted by Crippen LogP contribution is -2.28. The van der Waals surface area contributed by atoms with Gasteiger partial charge in [0.2, 0.25) is 5.91 Å². The molecule has 1 amide bonds. The van der Waals surface area contributed by atoms with Gasteiger partial charge in [-0.15, -0.1) is 0 Å². The second-order valence-corrected chi connectivity index (χ2v) is 7.75. The van der Waals surface area contributed by atoms with Gasteiger partial charge in [-0.05, 0) is 37.3 Å². The highest BCUT2D eigenvalue weighted by atomic mass is 32.2. The first kappa shape index (κ1) is 22.7. The van der Waals surface area contributed by atoms with Gasteiger partial charge in [0, 0.05) is 0 Å². The number of primary amides is 1. The molecule has 0 saturated heterocycles. The number of nitrogens with two attached hydrogens (primary N) is 1. The van der Waals surface area contributed by atoms with Gasteiger partial charge in [-0.3, -0.25) is 14.2 Å². The van der Waals surface area contributed by atoms with E-state index in [-0.39, 0.29) is 29.1 Å². The summed E-state index contributed by atoms with van der Waals surface area (Å²) < 4.78 is 81.0. The maximum Gasteiger partial charge on any atom is 0.418 e. The van der Waals surface area contributed by atoms with E-state index in [1.165, 1.54) is 31.2 Å². The quantitative estimate of drug-likeness (QED) is 0.355. The number of carbonyl (C=O) groups is 1. The van der Waals surface area contributed by atoms with Crippen molar-refractivity contribution in [2.45, 2.75) is 29.7 Å².